The number of halogens is 1. The van der Waals surface area contributed by atoms with Gasteiger partial charge in [0.1, 0.15) is 18.2 Å². The van der Waals surface area contributed by atoms with Gasteiger partial charge in [0.15, 0.2) is 11.6 Å². The van der Waals surface area contributed by atoms with Crippen molar-refractivity contribution in [1.29, 1.82) is 0 Å². The van der Waals surface area contributed by atoms with E-state index in [1.807, 2.05) is 17.0 Å². The Morgan fingerprint density at radius 1 is 0.900 bits per heavy atom. The van der Waals surface area contributed by atoms with E-state index >= 15 is 0 Å². The fraction of sp³-hybridized carbons (Fsp3) is 0.424. The van der Waals surface area contributed by atoms with Crippen LogP contribution in [-0.4, -0.2) is 34.1 Å². The van der Waals surface area contributed by atoms with Crippen molar-refractivity contribution in [3.8, 4) is 5.75 Å². The first-order chi connectivity index (χ1) is 18.8. The molecule has 0 aromatic heterocycles. The fourth-order valence-corrected chi connectivity index (χ4v) is 6.39. The molecular weight excluding hydrogens is 509 g/mol. The van der Waals surface area contributed by atoms with E-state index in [4.69, 9.17) is 4.74 Å². The maximum Gasteiger partial charge on any atom is 0.305 e. The zero-order chi connectivity index (χ0) is 28.8. The average molecular weight is 546 g/mol. The summed E-state index contributed by atoms with van der Waals surface area (Å²) in [6.07, 6.45) is 1.89. The lowest BCUT2D eigenvalue weighted by Crippen LogP contribution is -2.45. The molecular formula is C33H36FNO5. The van der Waals surface area contributed by atoms with Crippen LogP contribution >= 0.6 is 0 Å². The summed E-state index contributed by atoms with van der Waals surface area (Å²) in [7, 11) is 0. The van der Waals surface area contributed by atoms with Crippen molar-refractivity contribution in [3.05, 3.63) is 88.0 Å². The van der Waals surface area contributed by atoms with Gasteiger partial charge in [-0.1, -0.05) is 58.0 Å². The molecule has 7 heteroatoms. The molecule has 5 rings (SSSR count). The fourth-order valence-electron chi connectivity index (χ4n) is 6.39. The largest absolute Gasteiger partial charge is 0.489 e. The number of carboxylic acid groups (broad SMARTS) is 1. The van der Waals surface area contributed by atoms with Crippen LogP contribution in [0.15, 0.2) is 71.1 Å². The minimum absolute atomic E-state index is 0.000591. The van der Waals surface area contributed by atoms with Crippen LogP contribution in [-0.2, 0) is 21.0 Å². The topological polar surface area (TPSA) is 83.9 Å². The second-order valence-corrected chi connectivity index (χ2v) is 12.8. The molecule has 0 amide bonds. The maximum absolute atomic E-state index is 14.0. The highest BCUT2D eigenvalue weighted by Gasteiger charge is 2.48. The summed E-state index contributed by atoms with van der Waals surface area (Å²) in [6, 6.07) is 13.8. The van der Waals surface area contributed by atoms with Crippen molar-refractivity contribution >= 4 is 17.5 Å². The lowest BCUT2D eigenvalue weighted by molar-refractivity contribution is -0.137. The van der Waals surface area contributed by atoms with Gasteiger partial charge in [-0.15, -0.1) is 0 Å². The van der Waals surface area contributed by atoms with Crippen molar-refractivity contribution in [1.82, 2.24) is 4.90 Å². The predicted octanol–water partition coefficient (Wildman–Crippen LogP) is 6.57. The van der Waals surface area contributed by atoms with Gasteiger partial charge in [0, 0.05) is 53.4 Å². The highest BCUT2D eigenvalue weighted by molar-refractivity contribution is 6.06. The van der Waals surface area contributed by atoms with Crippen LogP contribution in [0.4, 0.5) is 4.39 Å². The molecule has 0 atom stereocenters. The highest BCUT2D eigenvalue weighted by Crippen LogP contribution is 2.54. The minimum Gasteiger partial charge on any atom is -0.489 e. The number of carbonyl (C=O) groups is 3. The molecule has 40 heavy (non-hydrogen) atoms. The Morgan fingerprint density at radius 3 is 1.98 bits per heavy atom. The number of aliphatic carboxylic acids is 1. The lowest BCUT2D eigenvalue weighted by Gasteiger charge is -2.49. The first-order valence-electron chi connectivity index (χ1n) is 13.8. The van der Waals surface area contributed by atoms with Crippen molar-refractivity contribution in [3.63, 3.8) is 0 Å². The van der Waals surface area contributed by atoms with Crippen LogP contribution in [0.3, 0.4) is 0 Å². The van der Waals surface area contributed by atoms with Crippen LogP contribution in [0.5, 0.6) is 5.75 Å². The van der Waals surface area contributed by atoms with Crippen molar-refractivity contribution < 1.29 is 28.6 Å². The number of Topliss-reactive ketones (excluding diaryl/α,β-unsaturated/α-hetero) is 2. The van der Waals surface area contributed by atoms with Crippen LogP contribution in [0.1, 0.15) is 76.8 Å². The number of carbonyl (C=O) groups excluding carboxylic acids is 2. The highest BCUT2D eigenvalue weighted by atomic mass is 19.1. The zero-order valence-electron chi connectivity index (χ0n) is 23.6. The third-order valence-corrected chi connectivity index (χ3v) is 8.14. The lowest BCUT2D eigenvalue weighted by atomic mass is 9.63. The van der Waals surface area contributed by atoms with Gasteiger partial charge in [-0.05, 0) is 47.4 Å². The average Bonchev–Trinajstić information content (AvgIpc) is 2.85. The van der Waals surface area contributed by atoms with E-state index in [0.29, 0.717) is 48.1 Å². The van der Waals surface area contributed by atoms with Crippen LogP contribution in [0.2, 0.25) is 0 Å². The molecule has 3 aliphatic rings. The summed E-state index contributed by atoms with van der Waals surface area (Å²) in [5.74, 6) is -1.20. The molecule has 1 heterocycles. The SMILES string of the molecule is CC1(C)CC(=O)C2=C(C1)N(CCC(=O)O)C1=C(C(=O)CC(C)(C)C1)C2c1ccc(OCc2ccccc2F)cc1. The van der Waals surface area contributed by atoms with E-state index in [-0.39, 0.29) is 47.8 Å². The summed E-state index contributed by atoms with van der Waals surface area (Å²) in [4.78, 5) is 41.2. The molecule has 210 valence electrons. The molecule has 0 radical (unpaired) electrons. The summed E-state index contributed by atoms with van der Waals surface area (Å²) < 4.78 is 19.9. The molecule has 0 saturated heterocycles. The monoisotopic (exact) mass is 545 g/mol. The molecule has 0 saturated carbocycles. The van der Waals surface area contributed by atoms with E-state index in [2.05, 4.69) is 27.7 Å². The summed E-state index contributed by atoms with van der Waals surface area (Å²) >= 11 is 0. The van der Waals surface area contributed by atoms with Crippen molar-refractivity contribution in [2.75, 3.05) is 6.54 Å². The number of carboxylic acids is 1. The van der Waals surface area contributed by atoms with Gasteiger partial charge in [0.25, 0.3) is 0 Å². The molecule has 2 aliphatic carbocycles. The Balaban J connectivity index is 1.57. The number of benzene rings is 2. The number of ketones is 2. The number of hydrogen-bond acceptors (Lipinski definition) is 5. The number of allylic oxidation sites excluding steroid dienone is 4. The number of rotatable bonds is 7. The second-order valence-electron chi connectivity index (χ2n) is 12.8. The van der Waals surface area contributed by atoms with Crippen molar-refractivity contribution in [2.45, 2.75) is 72.3 Å². The van der Waals surface area contributed by atoms with Gasteiger partial charge in [-0.25, -0.2) is 4.39 Å². The number of hydrogen-bond donors (Lipinski definition) is 1. The summed E-state index contributed by atoms with van der Waals surface area (Å²) in [5.41, 5.74) is 3.62. The molecule has 2 aromatic carbocycles. The predicted molar refractivity (Wildman–Crippen MR) is 149 cm³/mol. The zero-order valence-corrected chi connectivity index (χ0v) is 23.6. The number of ether oxygens (including phenoxy) is 1. The van der Waals surface area contributed by atoms with E-state index in [9.17, 15) is 23.9 Å². The third-order valence-electron chi connectivity index (χ3n) is 8.14. The Morgan fingerprint density at radius 2 is 1.45 bits per heavy atom. The molecule has 2 aromatic rings. The quantitative estimate of drug-likeness (QED) is 0.424. The van der Waals surface area contributed by atoms with Crippen molar-refractivity contribution in [2.24, 2.45) is 10.8 Å². The van der Waals surface area contributed by atoms with E-state index in [1.165, 1.54) is 6.07 Å². The Hall–Kier alpha value is -3.74. The summed E-state index contributed by atoms with van der Waals surface area (Å²) in [6.45, 7) is 8.53. The Kier molecular flexibility index (Phi) is 7.19. The first kappa shape index (κ1) is 27.8. The van der Waals surface area contributed by atoms with Gasteiger partial charge in [0.2, 0.25) is 0 Å². The molecule has 0 spiro atoms. The maximum atomic E-state index is 14.0. The van der Waals surface area contributed by atoms with Crippen LogP contribution < -0.4 is 4.74 Å². The normalized spacial score (nSPS) is 20.4. The first-order valence-corrected chi connectivity index (χ1v) is 13.8. The molecule has 1 aliphatic heterocycles. The Labute approximate surface area is 234 Å². The van der Waals surface area contributed by atoms with Crippen LogP contribution in [0, 0.1) is 16.6 Å². The van der Waals surface area contributed by atoms with Gasteiger partial charge >= 0.3 is 5.97 Å². The molecule has 1 N–H and O–H groups in total. The van der Waals surface area contributed by atoms with Gasteiger partial charge in [0.05, 0.1) is 6.42 Å². The van der Waals surface area contributed by atoms with Crippen LogP contribution in [0.25, 0.3) is 0 Å². The van der Waals surface area contributed by atoms with E-state index in [0.717, 1.165) is 17.0 Å². The molecule has 6 nitrogen and oxygen atoms in total. The van der Waals surface area contributed by atoms with Gasteiger partial charge in [-0.2, -0.15) is 0 Å². The third kappa shape index (κ3) is 5.47. The Bertz CT molecular complexity index is 1380. The van der Waals surface area contributed by atoms with E-state index < -0.39 is 11.9 Å². The summed E-state index contributed by atoms with van der Waals surface area (Å²) in [5, 5.41) is 9.51. The smallest absolute Gasteiger partial charge is 0.305 e. The standard InChI is InChI=1S/C33H36FNO5/c1-32(2)15-24-30(26(36)17-32)29(20-9-11-22(12-10-20)40-19-21-7-5-6-8-23(21)34)31-25(35(24)14-13-28(38)39)16-33(3,4)18-27(31)37/h5-12,29H,13-19H2,1-4H3,(H,38,39). The van der Waals surface area contributed by atoms with E-state index in [1.54, 1.807) is 30.3 Å². The molecule has 0 bridgehead atoms. The van der Waals surface area contributed by atoms with Gasteiger partial charge in [-0.3, -0.25) is 14.4 Å². The second kappa shape index (κ2) is 10.3. The molecule has 0 fully saturated rings. The molecule has 0 unspecified atom stereocenters. The van der Waals surface area contributed by atoms with Gasteiger partial charge < -0.3 is 14.7 Å². The minimum atomic E-state index is -0.916. The number of nitrogens with zero attached hydrogens (tertiary/aromatic N) is 1.